The Balaban J connectivity index is 1.21. The highest BCUT2D eigenvalue weighted by Crippen LogP contribution is 2.26. The molecule has 1 saturated heterocycles. The monoisotopic (exact) mass is 454 g/mol. The number of aromatic nitrogens is 2. The maximum Gasteiger partial charge on any atom is 0.270 e. The zero-order valence-electron chi connectivity index (χ0n) is 18.3. The van der Waals surface area contributed by atoms with Gasteiger partial charge >= 0.3 is 0 Å². The second-order valence-electron chi connectivity index (χ2n) is 8.30. The molecule has 0 radical (unpaired) electrons. The molecule has 2 N–H and O–H groups in total. The van der Waals surface area contributed by atoms with Gasteiger partial charge in [0.25, 0.3) is 5.91 Å². The number of ether oxygens (including phenoxy) is 3. The van der Waals surface area contributed by atoms with Crippen molar-refractivity contribution in [1.82, 2.24) is 15.3 Å². The van der Waals surface area contributed by atoms with Crippen molar-refractivity contribution in [2.45, 2.75) is 44.6 Å². The van der Waals surface area contributed by atoms with Crippen molar-refractivity contribution in [2.24, 2.45) is 5.16 Å². The fraction of sp³-hybridized carbons (Fsp3) is 0.478. The minimum Gasteiger partial charge on any atom is -0.493 e. The average Bonchev–Trinajstić information content (AvgIpc) is 3.52. The Morgan fingerprint density at radius 1 is 1.18 bits per heavy atom. The van der Waals surface area contributed by atoms with E-state index in [1.165, 1.54) is 0 Å². The normalized spacial score (nSPS) is 23.9. The molecular weight excluding hydrogens is 428 g/mol. The van der Waals surface area contributed by atoms with Crippen LogP contribution in [0.25, 0.3) is 0 Å². The highest BCUT2D eigenvalue weighted by molar-refractivity contribution is 6.02. The summed E-state index contributed by atoms with van der Waals surface area (Å²) in [6.07, 6.45) is 0.468. The molecule has 5 rings (SSSR count). The predicted octanol–water partition coefficient (Wildman–Crippen LogP) is 0.919. The smallest absolute Gasteiger partial charge is 0.270 e. The number of amides is 1. The average molecular weight is 454 g/mol. The summed E-state index contributed by atoms with van der Waals surface area (Å²) in [4.78, 5) is 27.1. The first-order valence-electron chi connectivity index (χ1n) is 11.0. The number of fused-ring (bicyclic) bond motifs is 1. The molecule has 4 heterocycles. The van der Waals surface area contributed by atoms with Gasteiger partial charge in [-0.2, -0.15) is 0 Å². The highest BCUT2D eigenvalue weighted by atomic mass is 16.7. The largest absolute Gasteiger partial charge is 0.493 e. The Labute approximate surface area is 190 Å². The summed E-state index contributed by atoms with van der Waals surface area (Å²) < 4.78 is 16.8. The van der Waals surface area contributed by atoms with E-state index in [1.807, 2.05) is 12.1 Å². The summed E-state index contributed by atoms with van der Waals surface area (Å²) in [5.74, 6) is 1.10. The van der Waals surface area contributed by atoms with Gasteiger partial charge in [-0.05, 0) is 30.2 Å². The SMILES string of the molecule is Cc1nc(C(=O)NCc2ccc3c(c2)CCO3)cc(C2=NOC([C@H]3CO[C@H](CO)CO3)C2)n1. The topological polar surface area (TPSA) is 124 Å². The van der Waals surface area contributed by atoms with Gasteiger partial charge in [0.15, 0.2) is 6.10 Å². The van der Waals surface area contributed by atoms with Gasteiger partial charge in [-0.15, -0.1) is 0 Å². The molecule has 10 nitrogen and oxygen atoms in total. The minimum absolute atomic E-state index is 0.0774. The number of aryl methyl sites for hydroxylation is 1. The van der Waals surface area contributed by atoms with Crippen LogP contribution in [-0.2, 0) is 27.3 Å². The molecule has 3 aliphatic rings. The van der Waals surface area contributed by atoms with Gasteiger partial charge in [0.1, 0.15) is 35.2 Å². The third kappa shape index (κ3) is 4.82. The lowest BCUT2D eigenvalue weighted by molar-refractivity contribution is -0.178. The molecular formula is C23H26N4O6. The van der Waals surface area contributed by atoms with Crippen LogP contribution in [0.15, 0.2) is 29.4 Å². The van der Waals surface area contributed by atoms with Crippen molar-refractivity contribution >= 4 is 11.6 Å². The van der Waals surface area contributed by atoms with E-state index in [0.29, 0.717) is 50.0 Å². The van der Waals surface area contributed by atoms with Crippen LogP contribution in [0.3, 0.4) is 0 Å². The van der Waals surface area contributed by atoms with Gasteiger partial charge in [0.05, 0.1) is 32.1 Å². The molecule has 0 saturated carbocycles. The van der Waals surface area contributed by atoms with Crippen molar-refractivity contribution < 1.29 is 28.9 Å². The molecule has 174 valence electrons. The number of hydrogen-bond donors (Lipinski definition) is 2. The first kappa shape index (κ1) is 21.7. The summed E-state index contributed by atoms with van der Waals surface area (Å²) in [5.41, 5.74) is 3.63. The van der Waals surface area contributed by atoms with E-state index < -0.39 is 0 Å². The Kier molecular flexibility index (Phi) is 6.21. The molecule has 0 spiro atoms. The van der Waals surface area contributed by atoms with E-state index >= 15 is 0 Å². The molecule has 3 atom stereocenters. The predicted molar refractivity (Wildman–Crippen MR) is 116 cm³/mol. The van der Waals surface area contributed by atoms with Crippen LogP contribution in [0.2, 0.25) is 0 Å². The third-order valence-electron chi connectivity index (χ3n) is 5.88. The number of aliphatic hydroxyl groups is 1. The Morgan fingerprint density at radius 2 is 2.09 bits per heavy atom. The first-order chi connectivity index (χ1) is 16.1. The van der Waals surface area contributed by atoms with Crippen LogP contribution >= 0.6 is 0 Å². The molecule has 2 aromatic rings. The van der Waals surface area contributed by atoms with Crippen LogP contribution < -0.4 is 10.1 Å². The number of hydrogen-bond acceptors (Lipinski definition) is 9. The lowest BCUT2D eigenvalue weighted by Crippen LogP contribution is -2.43. The number of oxime groups is 1. The van der Waals surface area contributed by atoms with E-state index in [1.54, 1.807) is 13.0 Å². The zero-order chi connectivity index (χ0) is 22.8. The van der Waals surface area contributed by atoms with Crippen LogP contribution in [0.5, 0.6) is 5.75 Å². The molecule has 3 aliphatic heterocycles. The highest BCUT2D eigenvalue weighted by Gasteiger charge is 2.35. The Morgan fingerprint density at radius 3 is 2.91 bits per heavy atom. The number of carbonyl (C=O) groups excluding carboxylic acids is 1. The lowest BCUT2D eigenvalue weighted by Gasteiger charge is -2.30. The second kappa shape index (κ2) is 9.42. The Hall–Kier alpha value is -3.08. The minimum atomic E-state index is -0.309. The van der Waals surface area contributed by atoms with Crippen molar-refractivity contribution in [2.75, 3.05) is 26.4 Å². The molecule has 10 heteroatoms. The summed E-state index contributed by atoms with van der Waals surface area (Å²) in [7, 11) is 0. The van der Waals surface area contributed by atoms with Gasteiger partial charge in [-0.3, -0.25) is 4.79 Å². The van der Waals surface area contributed by atoms with Gasteiger partial charge in [0, 0.05) is 19.4 Å². The molecule has 1 unspecified atom stereocenters. The molecule has 1 fully saturated rings. The van der Waals surface area contributed by atoms with Crippen LogP contribution in [0.4, 0.5) is 0 Å². The van der Waals surface area contributed by atoms with Crippen LogP contribution in [-0.4, -0.2) is 71.4 Å². The number of carbonyl (C=O) groups is 1. The van der Waals surface area contributed by atoms with E-state index in [-0.39, 0.29) is 36.5 Å². The maximum absolute atomic E-state index is 12.8. The third-order valence-corrected chi connectivity index (χ3v) is 5.88. The first-order valence-corrected chi connectivity index (χ1v) is 11.0. The second-order valence-corrected chi connectivity index (χ2v) is 8.30. The van der Waals surface area contributed by atoms with Gasteiger partial charge in [-0.25, -0.2) is 9.97 Å². The van der Waals surface area contributed by atoms with Gasteiger partial charge in [-0.1, -0.05) is 17.3 Å². The summed E-state index contributed by atoms with van der Waals surface area (Å²) in [6, 6.07) is 7.58. The van der Waals surface area contributed by atoms with Gasteiger partial charge in [0.2, 0.25) is 0 Å². The quantitative estimate of drug-likeness (QED) is 0.660. The molecule has 0 bridgehead atoms. The number of nitrogens with zero attached hydrogens (tertiary/aromatic N) is 3. The van der Waals surface area contributed by atoms with E-state index in [4.69, 9.17) is 24.2 Å². The summed E-state index contributed by atoms with van der Waals surface area (Å²) in [5, 5.41) is 16.3. The molecule has 1 aromatic heterocycles. The summed E-state index contributed by atoms with van der Waals surface area (Å²) in [6.45, 7) is 3.39. The lowest BCUT2D eigenvalue weighted by atomic mass is 10.0. The van der Waals surface area contributed by atoms with Crippen molar-refractivity contribution in [3.8, 4) is 5.75 Å². The maximum atomic E-state index is 12.8. The van der Waals surface area contributed by atoms with E-state index in [2.05, 4.69) is 26.5 Å². The van der Waals surface area contributed by atoms with Crippen molar-refractivity contribution in [3.63, 3.8) is 0 Å². The van der Waals surface area contributed by atoms with E-state index in [9.17, 15) is 4.79 Å². The van der Waals surface area contributed by atoms with Crippen LogP contribution in [0.1, 0.15) is 39.6 Å². The molecule has 1 aromatic carbocycles. The number of benzene rings is 1. The molecule has 0 aliphatic carbocycles. The Bertz CT molecular complexity index is 1070. The molecule has 1 amide bonds. The number of aliphatic hydroxyl groups excluding tert-OH is 1. The molecule has 33 heavy (non-hydrogen) atoms. The van der Waals surface area contributed by atoms with Crippen molar-refractivity contribution in [3.05, 3.63) is 52.6 Å². The van der Waals surface area contributed by atoms with Gasteiger partial charge < -0.3 is 29.5 Å². The van der Waals surface area contributed by atoms with Crippen LogP contribution in [0, 0.1) is 6.92 Å². The fourth-order valence-electron chi connectivity index (χ4n) is 4.08. The standard InChI is InChI=1S/C23H26N4O6/c1-13-25-17(18-8-21(33-27-18)22-12-31-16(10-28)11-32-22)7-19(26-13)23(29)24-9-14-2-3-20-15(6-14)4-5-30-20/h2-3,6-7,16,21-22,28H,4-5,8-12H2,1H3,(H,24,29)/t16-,21?,22-/m1/s1. The van der Waals surface area contributed by atoms with E-state index in [0.717, 1.165) is 23.3 Å². The summed E-state index contributed by atoms with van der Waals surface area (Å²) >= 11 is 0. The number of rotatable bonds is 6. The van der Waals surface area contributed by atoms with Crippen molar-refractivity contribution in [1.29, 1.82) is 0 Å². The zero-order valence-corrected chi connectivity index (χ0v) is 18.3. The fourth-order valence-corrected chi connectivity index (χ4v) is 4.08. The number of nitrogens with one attached hydrogen (secondary N) is 1.